The third-order valence-electron chi connectivity index (χ3n) is 17.1. The molecule has 3 aliphatic heterocycles. The number of aliphatic hydroxyl groups is 2. The van der Waals surface area contributed by atoms with Crippen molar-refractivity contribution in [1.82, 2.24) is 38.9 Å². The van der Waals surface area contributed by atoms with E-state index in [1.165, 1.54) is 27.7 Å². The Labute approximate surface area is 473 Å². The zero-order valence-electron chi connectivity index (χ0n) is 45.0. The Morgan fingerprint density at radius 1 is 0.610 bits per heavy atom. The Kier molecular flexibility index (Phi) is 15.9. The van der Waals surface area contributed by atoms with Crippen LogP contribution in [-0.4, -0.2) is 136 Å². The molecule has 456 valence electrons. The van der Waals surface area contributed by atoms with Gasteiger partial charge in [0.15, 0.2) is 0 Å². The molecule has 9 aliphatic rings. The van der Waals surface area contributed by atoms with E-state index in [0.29, 0.717) is 61.4 Å². The number of rotatable bonds is 8. The fourth-order valence-electron chi connectivity index (χ4n) is 12.2. The highest BCUT2D eigenvalue weighted by molar-refractivity contribution is 14.1. The molecule has 2 atom stereocenters. The largest absolute Gasteiger partial charge is 0.496 e. The molecule has 6 saturated carbocycles. The smallest absolute Gasteiger partial charge is 0.399 e. The van der Waals surface area contributed by atoms with Crippen LogP contribution in [0.15, 0.2) is 36.9 Å². The number of likely N-dealkylation sites (tertiary alicyclic amines) is 2. The quantitative estimate of drug-likeness (QED) is 0.0747. The van der Waals surface area contributed by atoms with E-state index in [9.17, 15) is 84.9 Å². The van der Waals surface area contributed by atoms with Crippen molar-refractivity contribution >= 4 is 46.8 Å². The molecule has 14 nitrogen and oxygen atoms in total. The molecule has 7 heterocycles. The maximum absolute atomic E-state index is 13.5. The SMILES string of the molecule is CC1(C)OB(c2cnc(N)c(C(F)(F)F)c2)OC1(C)C.Nc1ncc(-c2cn(C34CC(N5CCC(F)(F)CC5)(C3)C4)c(C(O)C(F)(F)F)n2)cc1C(F)(F)F.OC(c1nc(I)cn1C12CC(N3CCC(F)(F)CC3)(C1)C2)C(F)(F)F.[2H]CF. The van der Waals surface area contributed by atoms with Gasteiger partial charge in [-0.05, 0) is 101 Å². The molecule has 0 amide bonds. The van der Waals surface area contributed by atoms with E-state index in [-0.39, 0.29) is 66.9 Å². The average Bonchev–Trinajstić information content (AvgIpc) is 4.00. The zero-order chi connectivity index (χ0) is 61.9. The summed E-state index contributed by atoms with van der Waals surface area (Å²) in [4.78, 5) is 18.8. The van der Waals surface area contributed by atoms with Gasteiger partial charge in [-0.3, -0.25) is 14.2 Å². The molecule has 4 aromatic rings. The van der Waals surface area contributed by atoms with Crippen LogP contribution in [-0.2, 0) is 32.7 Å². The highest BCUT2D eigenvalue weighted by atomic mass is 127. The monoisotopic (exact) mass is 1310 g/mol. The molecule has 4 aromatic heterocycles. The second-order valence-corrected chi connectivity index (χ2v) is 24.2. The van der Waals surface area contributed by atoms with Gasteiger partial charge in [-0.25, -0.2) is 37.5 Å². The first kappa shape index (κ1) is 62.2. The number of aliphatic hydroxyl groups excluding tert-OH is 2. The topological polar surface area (TPSA) is 179 Å². The Bertz CT molecular complexity index is 2960. The molecule has 0 radical (unpaired) electrons. The fraction of sp³-hybridized carbons (Fsp3) is 0.673. The van der Waals surface area contributed by atoms with Crippen molar-refractivity contribution in [2.75, 3.05) is 44.8 Å². The van der Waals surface area contributed by atoms with E-state index >= 15 is 0 Å². The maximum Gasteiger partial charge on any atom is 0.496 e. The van der Waals surface area contributed by atoms with Crippen molar-refractivity contribution in [3.8, 4) is 11.3 Å². The molecular weight excluding hydrogens is 1250 g/mol. The number of anilines is 2. The first-order valence-corrected chi connectivity index (χ1v) is 26.4. The van der Waals surface area contributed by atoms with Crippen LogP contribution in [0.4, 0.5) is 86.3 Å². The number of pyridine rings is 2. The Morgan fingerprint density at radius 3 is 1.37 bits per heavy atom. The van der Waals surface area contributed by atoms with Crippen LogP contribution in [0, 0.1) is 3.70 Å². The minimum absolute atomic E-state index is 0.164. The van der Waals surface area contributed by atoms with Gasteiger partial charge in [-0.2, -0.15) is 52.7 Å². The lowest BCUT2D eigenvalue weighted by Gasteiger charge is -2.75. The molecule has 0 aromatic carbocycles. The van der Waals surface area contributed by atoms with Gasteiger partial charge in [0.1, 0.15) is 27.0 Å². The van der Waals surface area contributed by atoms with Gasteiger partial charge in [0, 0.05) is 98.8 Å². The summed E-state index contributed by atoms with van der Waals surface area (Å²) in [7, 11) is -1.89. The predicted molar refractivity (Wildman–Crippen MR) is 269 cm³/mol. The number of hydrogen-bond donors (Lipinski definition) is 4. The molecule has 2 unspecified atom stereocenters. The fourth-order valence-corrected chi connectivity index (χ4v) is 12.7. The lowest BCUT2D eigenvalue weighted by atomic mass is 9.43. The Morgan fingerprint density at radius 2 is 0.976 bits per heavy atom. The number of aromatic nitrogens is 6. The highest BCUT2D eigenvalue weighted by Gasteiger charge is 2.73. The number of piperidine rings is 2. The van der Waals surface area contributed by atoms with E-state index in [4.69, 9.17) is 22.1 Å². The molecule has 0 spiro atoms. The third-order valence-corrected chi connectivity index (χ3v) is 17.7. The lowest BCUT2D eigenvalue weighted by molar-refractivity contribution is -0.234. The molecule has 9 fully saturated rings. The molecule has 6 aliphatic carbocycles. The van der Waals surface area contributed by atoms with Crippen LogP contribution in [0.1, 0.15) is 128 Å². The average molecular weight is 1310 g/mol. The number of imidazole rings is 2. The molecule has 6 N–H and O–H groups in total. The normalized spacial score (nSPS) is 28.9. The second kappa shape index (κ2) is 21.0. The first-order chi connectivity index (χ1) is 37.9. The molecule has 3 saturated heterocycles. The zero-order valence-corrected chi connectivity index (χ0v) is 46.2. The van der Waals surface area contributed by atoms with Crippen LogP contribution in [0.25, 0.3) is 11.3 Å². The van der Waals surface area contributed by atoms with Crippen LogP contribution in [0.2, 0.25) is 0 Å². The second-order valence-electron chi connectivity index (χ2n) is 23.1. The van der Waals surface area contributed by atoms with Crippen LogP contribution in [0.5, 0.6) is 0 Å². The van der Waals surface area contributed by atoms with Gasteiger partial charge < -0.3 is 40.1 Å². The minimum atomic E-state index is -5.06. The van der Waals surface area contributed by atoms with Crippen molar-refractivity contribution in [2.45, 2.75) is 174 Å². The summed E-state index contributed by atoms with van der Waals surface area (Å²) >= 11 is 1.83. The van der Waals surface area contributed by atoms with Crippen LogP contribution < -0.4 is 16.9 Å². The summed E-state index contributed by atoms with van der Waals surface area (Å²) in [6.45, 7) is 8.28. The maximum atomic E-state index is 13.5. The summed E-state index contributed by atoms with van der Waals surface area (Å²) in [6, 6.07) is 1.57. The molecule has 4 bridgehead atoms. The summed E-state index contributed by atoms with van der Waals surface area (Å²) in [6.07, 6.45) is -17.8. The summed E-state index contributed by atoms with van der Waals surface area (Å²) in [5.74, 6) is -7.81. The number of halogens is 18. The van der Waals surface area contributed by atoms with Crippen LogP contribution in [0.3, 0.4) is 0 Å². The number of nitrogens with two attached hydrogens (primary N) is 2. The Balaban J connectivity index is 0.000000165. The van der Waals surface area contributed by atoms with Crippen molar-refractivity contribution in [3.05, 3.63) is 63.4 Å². The number of alkyl halides is 17. The van der Waals surface area contributed by atoms with Crippen molar-refractivity contribution < 1.29 is 95.5 Å². The minimum Gasteiger partial charge on any atom is -0.399 e. The Hall–Kier alpha value is -4.32. The van der Waals surface area contributed by atoms with Gasteiger partial charge >= 0.3 is 31.8 Å². The number of nitrogen functional groups attached to an aromatic ring is 2. The molecule has 13 rings (SSSR count). The first-order valence-electron chi connectivity index (χ1n) is 26.1. The molecular formula is C49H57BF17IN10O4. The molecule has 82 heavy (non-hydrogen) atoms. The van der Waals surface area contributed by atoms with Gasteiger partial charge in [0.25, 0.3) is 11.8 Å². The third kappa shape index (κ3) is 11.9. The number of nitrogens with zero attached hydrogens (tertiary/aromatic N) is 8. The van der Waals surface area contributed by atoms with E-state index < -0.39 is 119 Å². The van der Waals surface area contributed by atoms with Gasteiger partial charge in [0.05, 0.1) is 47.6 Å². The summed E-state index contributed by atoms with van der Waals surface area (Å²) in [5.41, 5.74) is 4.96. The van der Waals surface area contributed by atoms with Gasteiger partial charge in [-0.1, -0.05) is 0 Å². The summed E-state index contributed by atoms with van der Waals surface area (Å²) in [5, 5.41) is 19.6. The molecule has 33 heteroatoms. The van der Waals surface area contributed by atoms with Crippen LogP contribution >= 0.6 is 22.6 Å². The summed E-state index contributed by atoms with van der Waals surface area (Å²) < 4.78 is 241. The number of hydrogen-bond acceptors (Lipinski definition) is 12. The van der Waals surface area contributed by atoms with E-state index in [0.717, 1.165) is 12.3 Å². The van der Waals surface area contributed by atoms with Crippen molar-refractivity contribution in [3.63, 3.8) is 0 Å². The standard InChI is InChI=1S/C21H21F8N5O.C15H17F5IN3O.C12H16BF3N2O2.CH3F/c22-19(23)1-3-33(4-2-19)17-8-18(9-17,10-17)34-7-13(32-16(34)14(35)21(27,28)29)11-5-12(20(24,25)26)15(30)31-6-11;16-14(17)1-3-23(4-2-14)12-6-13(7-12,8-12)24-5-9(21)22-11(24)10(25)15(18,19)20;1-10(2)11(3,4)20-13(19-10)7-5-8(12(14,15)16)9(17)18-6-7;1-2/h5-7,14,35H,1-4,8-10H2,(H2,30,31);5,10,25H,1-4,6-8H2;5-6H,1-4H3,(H2,17,18);1H3/i;;;1D. The van der Waals surface area contributed by atoms with Gasteiger partial charge in [-0.15, -0.1) is 0 Å². The van der Waals surface area contributed by atoms with E-state index in [1.54, 1.807) is 0 Å². The van der Waals surface area contributed by atoms with Crippen molar-refractivity contribution in [1.29, 1.82) is 0 Å². The lowest BCUT2D eigenvalue weighted by Crippen LogP contribution is -2.79. The van der Waals surface area contributed by atoms with E-state index in [1.807, 2.05) is 55.2 Å². The van der Waals surface area contributed by atoms with E-state index in [2.05, 4.69) is 24.8 Å². The predicted octanol–water partition coefficient (Wildman–Crippen LogP) is 10.5. The highest BCUT2D eigenvalue weighted by Crippen LogP contribution is 2.70. The van der Waals surface area contributed by atoms with Gasteiger partial charge in [0.2, 0.25) is 12.2 Å². The van der Waals surface area contributed by atoms with Crippen molar-refractivity contribution in [2.24, 2.45) is 0 Å².